The molecular formula is C10H16N4S. The van der Waals surface area contributed by atoms with E-state index >= 15 is 0 Å². The minimum Gasteiger partial charge on any atom is -0.383 e. The van der Waals surface area contributed by atoms with E-state index in [0.717, 1.165) is 41.6 Å². The first-order valence-electron chi connectivity index (χ1n) is 5.03. The van der Waals surface area contributed by atoms with Gasteiger partial charge in [0.25, 0.3) is 0 Å². The van der Waals surface area contributed by atoms with Crippen LogP contribution in [0.15, 0.2) is 0 Å². The maximum atomic E-state index is 5.90. The molecule has 0 aliphatic carbocycles. The van der Waals surface area contributed by atoms with Crippen molar-refractivity contribution in [2.45, 2.75) is 17.9 Å². The van der Waals surface area contributed by atoms with Gasteiger partial charge in [-0.2, -0.15) is 11.8 Å². The molecule has 0 radical (unpaired) electrons. The van der Waals surface area contributed by atoms with Crippen LogP contribution in [-0.4, -0.2) is 35.5 Å². The summed E-state index contributed by atoms with van der Waals surface area (Å²) in [4.78, 5) is 11.0. The van der Waals surface area contributed by atoms with Gasteiger partial charge in [-0.15, -0.1) is 0 Å². The van der Waals surface area contributed by atoms with E-state index in [9.17, 15) is 0 Å². The highest BCUT2D eigenvalue weighted by atomic mass is 32.2. The van der Waals surface area contributed by atoms with Crippen molar-refractivity contribution in [3.05, 3.63) is 17.1 Å². The number of aromatic nitrogens is 2. The summed E-state index contributed by atoms with van der Waals surface area (Å²) in [7, 11) is 4.10. The summed E-state index contributed by atoms with van der Waals surface area (Å²) in [5.74, 6) is 3.51. The zero-order valence-corrected chi connectivity index (χ0v) is 9.97. The number of thioether (sulfide) groups is 1. The lowest BCUT2D eigenvalue weighted by Crippen LogP contribution is -2.17. The molecule has 5 heteroatoms. The van der Waals surface area contributed by atoms with Crippen LogP contribution < -0.4 is 5.73 Å². The van der Waals surface area contributed by atoms with Crippen LogP contribution in [0, 0.1) is 0 Å². The van der Waals surface area contributed by atoms with Gasteiger partial charge in [-0.25, -0.2) is 9.97 Å². The SMILES string of the molecule is CN(C)CCc1nc(N)c2c(n1)CSC2. The minimum absolute atomic E-state index is 0.679. The van der Waals surface area contributed by atoms with Crippen LogP contribution in [-0.2, 0) is 17.9 Å². The summed E-state index contributed by atoms with van der Waals surface area (Å²) in [5.41, 5.74) is 8.19. The lowest BCUT2D eigenvalue weighted by atomic mass is 10.2. The van der Waals surface area contributed by atoms with Crippen LogP contribution in [0.4, 0.5) is 5.82 Å². The van der Waals surface area contributed by atoms with Crippen LogP contribution in [0.25, 0.3) is 0 Å². The molecule has 1 aromatic heterocycles. The van der Waals surface area contributed by atoms with Crippen LogP contribution in [0.3, 0.4) is 0 Å². The maximum absolute atomic E-state index is 5.90. The molecule has 0 atom stereocenters. The number of hydrogen-bond donors (Lipinski definition) is 1. The van der Waals surface area contributed by atoms with E-state index in [-0.39, 0.29) is 0 Å². The number of anilines is 1. The molecule has 2 rings (SSSR count). The van der Waals surface area contributed by atoms with Gasteiger partial charge in [-0.3, -0.25) is 0 Å². The van der Waals surface area contributed by atoms with E-state index in [1.54, 1.807) is 0 Å². The summed E-state index contributed by atoms with van der Waals surface area (Å²) < 4.78 is 0. The Bertz CT molecular complexity index is 365. The molecular weight excluding hydrogens is 208 g/mol. The van der Waals surface area contributed by atoms with Gasteiger partial charge < -0.3 is 10.6 Å². The summed E-state index contributed by atoms with van der Waals surface area (Å²) in [5, 5.41) is 0. The molecule has 0 fully saturated rings. The normalized spacial score (nSPS) is 14.6. The van der Waals surface area contributed by atoms with Gasteiger partial charge in [0, 0.05) is 30.0 Å². The summed E-state index contributed by atoms with van der Waals surface area (Å²) in [6, 6.07) is 0. The van der Waals surface area contributed by atoms with Gasteiger partial charge in [-0.1, -0.05) is 0 Å². The van der Waals surface area contributed by atoms with E-state index < -0.39 is 0 Å². The van der Waals surface area contributed by atoms with Crippen LogP contribution in [0.2, 0.25) is 0 Å². The standard InChI is InChI=1S/C10H16N4S/c1-14(2)4-3-9-12-8-6-15-5-7(8)10(11)13-9/h3-6H2,1-2H3,(H2,11,12,13). The summed E-state index contributed by atoms with van der Waals surface area (Å²) >= 11 is 1.86. The largest absolute Gasteiger partial charge is 0.383 e. The zero-order valence-electron chi connectivity index (χ0n) is 9.16. The van der Waals surface area contributed by atoms with Gasteiger partial charge in [0.05, 0.1) is 5.69 Å². The van der Waals surface area contributed by atoms with E-state index in [4.69, 9.17) is 5.73 Å². The molecule has 0 saturated carbocycles. The number of rotatable bonds is 3. The molecule has 0 spiro atoms. The monoisotopic (exact) mass is 224 g/mol. The van der Waals surface area contributed by atoms with Crippen molar-refractivity contribution in [2.75, 3.05) is 26.4 Å². The number of nitrogens with zero attached hydrogens (tertiary/aromatic N) is 3. The second-order valence-electron chi connectivity index (χ2n) is 4.00. The van der Waals surface area contributed by atoms with Crippen molar-refractivity contribution in [3.63, 3.8) is 0 Å². The molecule has 0 aromatic carbocycles. The third-order valence-corrected chi connectivity index (χ3v) is 3.41. The second-order valence-corrected chi connectivity index (χ2v) is 4.98. The van der Waals surface area contributed by atoms with E-state index in [1.165, 1.54) is 0 Å². The molecule has 1 aromatic rings. The maximum Gasteiger partial charge on any atom is 0.132 e. The minimum atomic E-state index is 0.679. The molecule has 15 heavy (non-hydrogen) atoms. The van der Waals surface area contributed by atoms with Gasteiger partial charge in [0.2, 0.25) is 0 Å². The topological polar surface area (TPSA) is 55.0 Å². The fourth-order valence-corrected chi connectivity index (χ4v) is 2.62. The number of nitrogen functional groups attached to an aromatic ring is 1. The molecule has 2 N–H and O–H groups in total. The molecule has 1 aliphatic heterocycles. The fourth-order valence-electron chi connectivity index (χ4n) is 1.56. The Balaban J connectivity index is 2.16. The van der Waals surface area contributed by atoms with Gasteiger partial charge in [-0.05, 0) is 14.1 Å². The molecule has 0 unspecified atom stereocenters. The summed E-state index contributed by atoms with van der Waals surface area (Å²) in [6.07, 6.45) is 0.870. The average molecular weight is 224 g/mol. The quantitative estimate of drug-likeness (QED) is 0.827. The molecule has 82 valence electrons. The van der Waals surface area contributed by atoms with Crippen molar-refractivity contribution in [1.82, 2.24) is 14.9 Å². The Morgan fingerprint density at radius 3 is 2.87 bits per heavy atom. The first kappa shape index (κ1) is 10.7. The lowest BCUT2D eigenvalue weighted by molar-refractivity contribution is 0.409. The van der Waals surface area contributed by atoms with Crippen molar-refractivity contribution < 1.29 is 0 Å². The van der Waals surface area contributed by atoms with E-state index in [2.05, 4.69) is 14.9 Å². The van der Waals surface area contributed by atoms with Gasteiger partial charge in [0.1, 0.15) is 11.6 Å². The Kier molecular flexibility index (Phi) is 3.11. The first-order valence-corrected chi connectivity index (χ1v) is 6.19. The lowest BCUT2D eigenvalue weighted by Gasteiger charge is -2.09. The Morgan fingerprint density at radius 2 is 2.13 bits per heavy atom. The van der Waals surface area contributed by atoms with Gasteiger partial charge >= 0.3 is 0 Å². The fraction of sp³-hybridized carbons (Fsp3) is 0.600. The van der Waals surface area contributed by atoms with Crippen LogP contribution >= 0.6 is 11.8 Å². The highest BCUT2D eigenvalue weighted by Gasteiger charge is 2.17. The zero-order chi connectivity index (χ0) is 10.8. The molecule has 2 heterocycles. The van der Waals surface area contributed by atoms with E-state index in [1.807, 2.05) is 25.9 Å². The predicted molar refractivity (Wildman–Crippen MR) is 63.7 cm³/mol. The van der Waals surface area contributed by atoms with Crippen LogP contribution in [0.1, 0.15) is 17.1 Å². The second kappa shape index (κ2) is 4.37. The van der Waals surface area contributed by atoms with Crippen LogP contribution in [0.5, 0.6) is 0 Å². The Morgan fingerprint density at radius 1 is 1.33 bits per heavy atom. The Labute approximate surface area is 94.3 Å². The van der Waals surface area contributed by atoms with Crippen molar-refractivity contribution >= 4 is 17.6 Å². The number of hydrogen-bond acceptors (Lipinski definition) is 5. The van der Waals surface area contributed by atoms with Crippen molar-refractivity contribution in [3.8, 4) is 0 Å². The van der Waals surface area contributed by atoms with Gasteiger partial charge in [0.15, 0.2) is 0 Å². The van der Waals surface area contributed by atoms with Crippen molar-refractivity contribution in [2.24, 2.45) is 0 Å². The molecule has 0 amide bonds. The summed E-state index contributed by atoms with van der Waals surface area (Å²) in [6.45, 7) is 0.964. The Hall–Kier alpha value is -0.810. The van der Waals surface area contributed by atoms with E-state index in [0.29, 0.717) is 5.82 Å². The smallest absolute Gasteiger partial charge is 0.132 e. The number of fused-ring (bicyclic) bond motifs is 1. The average Bonchev–Trinajstić information content (AvgIpc) is 2.63. The highest BCUT2D eigenvalue weighted by Crippen LogP contribution is 2.31. The number of likely N-dealkylation sites (N-methyl/N-ethyl adjacent to an activating group) is 1. The highest BCUT2D eigenvalue weighted by molar-refractivity contribution is 7.98. The molecule has 4 nitrogen and oxygen atoms in total. The third kappa shape index (κ3) is 2.41. The molecule has 1 aliphatic rings. The first-order chi connectivity index (χ1) is 7.16. The van der Waals surface area contributed by atoms with Crippen molar-refractivity contribution in [1.29, 1.82) is 0 Å². The third-order valence-electron chi connectivity index (χ3n) is 2.44. The molecule has 0 saturated heterocycles. The predicted octanol–water partition coefficient (Wildman–Crippen LogP) is 0.910. The molecule has 0 bridgehead atoms. The number of nitrogens with two attached hydrogens (primary N) is 1.